The molecule has 0 spiro atoms. The third kappa shape index (κ3) is 6.30. The number of oxime groups is 1. The van der Waals surface area contributed by atoms with E-state index in [4.69, 9.17) is 26.9 Å². The molecule has 2 aromatic rings. The normalized spacial score (nSPS) is 23.6. The molecule has 0 bridgehead atoms. The van der Waals surface area contributed by atoms with Crippen LogP contribution in [0.25, 0.3) is 0 Å². The predicted octanol–water partition coefficient (Wildman–Crippen LogP) is -0.196. The minimum Gasteiger partial charge on any atom is -0.504 e. The van der Waals surface area contributed by atoms with Crippen LogP contribution in [0.2, 0.25) is 5.02 Å². The van der Waals surface area contributed by atoms with Crippen LogP contribution in [0.15, 0.2) is 22.7 Å². The summed E-state index contributed by atoms with van der Waals surface area (Å²) in [4.78, 5) is 86.9. The summed E-state index contributed by atoms with van der Waals surface area (Å²) in [6, 6.07) is -0.559. The number of nitrogen functional groups attached to an aromatic ring is 1. The fraction of sp³-hybridized carbons (Fsp3) is 0.385. The maximum absolute atomic E-state index is 13.3. The third-order valence-corrected chi connectivity index (χ3v) is 9.99. The number of halogens is 1. The molecule has 256 valence electrons. The Morgan fingerprint density at radius 3 is 2.54 bits per heavy atom. The highest BCUT2D eigenvalue weighted by Gasteiger charge is 2.64. The second kappa shape index (κ2) is 12.9. The fourth-order valence-electron chi connectivity index (χ4n) is 4.79. The van der Waals surface area contributed by atoms with Gasteiger partial charge in [0.05, 0.1) is 23.7 Å². The lowest BCUT2D eigenvalue weighted by atomic mass is 10.0. The van der Waals surface area contributed by atoms with Crippen LogP contribution in [0.3, 0.4) is 0 Å². The standard InChI is InChI=1S/C26H26ClN7O12S2/c1-26(2,23(42)43)46-32-13(10-7-47-24(28)30-10)18(38)31-14-19(39)34-15(22(40)41)21(48-20(14)34)33-6-8(45-25(33)44)5-29-17(37)9-3-4-11(35)16(36)12(9)27/h3-4,7-8,14-15,20-21,35-36H,5-6H2,1-2H3,(H2,28,30)(H,29,37)(H,31,38)(H,40,41)(H,42,43)/b32-13-/t8?,14?,15?,20-,21?/m1/s1. The highest BCUT2D eigenvalue weighted by molar-refractivity contribution is 8.01. The summed E-state index contributed by atoms with van der Waals surface area (Å²) in [5.74, 6) is -6.55. The topological polar surface area (TPSA) is 284 Å². The number of carboxylic acid groups (broad SMARTS) is 2. The Morgan fingerprint density at radius 2 is 1.92 bits per heavy atom. The van der Waals surface area contributed by atoms with Crippen LogP contribution in [0.1, 0.15) is 29.9 Å². The van der Waals surface area contributed by atoms with Crippen LogP contribution in [-0.4, -0.2) is 124 Å². The van der Waals surface area contributed by atoms with E-state index in [0.29, 0.717) is 0 Å². The summed E-state index contributed by atoms with van der Waals surface area (Å²) >= 11 is 7.80. The molecule has 5 atom stereocenters. The van der Waals surface area contributed by atoms with Gasteiger partial charge in [0.15, 0.2) is 28.4 Å². The van der Waals surface area contributed by atoms with Crippen molar-refractivity contribution in [1.82, 2.24) is 25.4 Å². The third-order valence-electron chi connectivity index (χ3n) is 7.37. The smallest absolute Gasteiger partial charge is 0.411 e. The lowest BCUT2D eigenvalue weighted by Crippen LogP contribution is -2.71. The van der Waals surface area contributed by atoms with E-state index in [0.717, 1.165) is 39.0 Å². The van der Waals surface area contributed by atoms with Gasteiger partial charge in [0.25, 0.3) is 11.8 Å². The Bertz CT molecular complexity index is 1750. The van der Waals surface area contributed by atoms with Crippen LogP contribution >= 0.6 is 34.7 Å². The van der Waals surface area contributed by atoms with Crippen LogP contribution in [-0.2, 0) is 28.8 Å². The second-order valence-electron chi connectivity index (χ2n) is 11.0. The van der Waals surface area contributed by atoms with Crippen molar-refractivity contribution in [2.24, 2.45) is 5.16 Å². The van der Waals surface area contributed by atoms with E-state index in [9.17, 15) is 49.2 Å². The molecule has 4 amide bonds. The molecule has 3 aliphatic heterocycles. The van der Waals surface area contributed by atoms with E-state index < -0.39 is 92.5 Å². The molecule has 3 saturated heterocycles. The number of fused-ring (bicyclic) bond motifs is 1. The second-order valence-corrected chi connectivity index (χ2v) is 13.5. The van der Waals surface area contributed by atoms with E-state index in [-0.39, 0.29) is 29.5 Å². The molecule has 48 heavy (non-hydrogen) atoms. The number of aromatic hydroxyl groups is 2. The summed E-state index contributed by atoms with van der Waals surface area (Å²) < 4.78 is 5.32. The monoisotopic (exact) mass is 727 g/mol. The molecule has 1 aromatic carbocycles. The molecule has 8 N–H and O–H groups in total. The number of phenols is 2. The first-order valence-electron chi connectivity index (χ1n) is 13.7. The van der Waals surface area contributed by atoms with Gasteiger partial charge in [0, 0.05) is 5.38 Å². The molecule has 19 nitrogen and oxygen atoms in total. The van der Waals surface area contributed by atoms with E-state index in [2.05, 4.69) is 20.8 Å². The number of anilines is 1. The number of hydrogen-bond donors (Lipinski definition) is 7. The molecular formula is C26H26ClN7O12S2. The zero-order chi connectivity index (χ0) is 35.2. The van der Waals surface area contributed by atoms with Crippen LogP contribution < -0.4 is 16.4 Å². The summed E-state index contributed by atoms with van der Waals surface area (Å²) in [6.07, 6.45) is -1.86. The summed E-state index contributed by atoms with van der Waals surface area (Å²) in [6.45, 7) is 1.97. The van der Waals surface area contributed by atoms with Crippen LogP contribution in [0.4, 0.5) is 9.93 Å². The molecule has 0 radical (unpaired) electrons. The van der Waals surface area contributed by atoms with E-state index in [1.165, 1.54) is 25.3 Å². The van der Waals surface area contributed by atoms with Crippen molar-refractivity contribution in [3.05, 3.63) is 33.8 Å². The number of rotatable bonds is 11. The minimum absolute atomic E-state index is 0.0613. The number of carbonyl (C=O) groups excluding carboxylic acids is 4. The molecule has 0 aliphatic carbocycles. The molecule has 3 aliphatic rings. The number of nitrogens with one attached hydrogen (secondary N) is 2. The van der Waals surface area contributed by atoms with Crippen molar-refractivity contribution in [2.45, 2.75) is 48.4 Å². The Labute approximate surface area is 282 Å². The molecule has 4 heterocycles. The molecule has 1 aromatic heterocycles. The first kappa shape index (κ1) is 34.3. The average molecular weight is 728 g/mol. The predicted molar refractivity (Wildman–Crippen MR) is 165 cm³/mol. The Kier molecular flexibility index (Phi) is 9.21. The van der Waals surface area contributed by atoms with E-state index in [1.807, 2.05) is 0 Å². The first-order chi connectivity index (χ1) is 22.5. The van der Waals surface area contributed by atoms with Gasteiger partial charge >= 0.3 is 18.0 Å². The first-order valence-corrected chi connectivity index (χ1v) is 15.9. The number of hydrogen-bond acceptors (Lipinski definition) is 15. The minimum atomic E-state index is -1.84. The molecule has 3 fully saturated rings. The van der Waals surface area contributed by atoms with Gasteiger partial charge in [-0.1, -0.05) is 16.8 Å². The number of cyclic esters (lactones) is 1. The molecule has 0 saturated carbocycles. The Hall–Kier alpha value is -5.02. The number of carboxylic acids is 2. The number of nitrogens with zero attached hydrogens (tertiary/aromatic N) is 4. The largest absolute Gasteiger partial charge is 0.504 e. The van der Waals surface area contributed by atoms with Crippen molar-refractivity contribution in [3.63, 3.8) is 0 Å². The maximum atomic E-state index is 13.3. The van der Waals surface area contributed by atoms with Crippen molar-refractivity contribution >= 4 is 81.3 Å². The van der Waals surface area contributed by atoms with E-state index in [1.54, 1.807) is 0 Å². The summed E-state index contributed by atoms with van der Waals surface area (Å²) in [7, 11) is 0. The number of carbonyl (C=O) groups is 6. The highest BCUT2D eigenvalue weighted by Crippen LogP contribution is 2.46. The number of aromatic nitrogens is 1. The van der Waals surface area contributed by atoms with Crippen molar-refractivity contribution < 1.29 is 58.8 Å². The zero-order valence-electron chi connectivity index (χ0n) is 24.6. The molecule has 5 rings (SSSR count). The number of ether oxygens (including phenoxy) is 1. The van der Waals surface area contributed by atoms with Gasteiger partial charge in [-0.25, -0.2) is 19.4 Å². The molecule has 22 heteroatoms. The lowest BCUT2D eigenvalue weighted by molar-refractivity contribution is -0.161. The number of nitrogens with two attached hydrogens (primary N) is 1. The number of aliphatic carboxylic acids is 2. The number of thiazole rings is 1. The van der Waals surface area contributed by atoms with Crippen LogP contribution in [0.5, 0.6) is 11.5 Å². The SMILES string of the molecule is CC(C)(O/N=C(\C(=O)NC1C(=O)N2C(C(=O)O)C(N3CC(CNC(=O)c4ccc(O)c(O)c4Cl)OC3=O)S[C@H]12)c1csc(N)n1)C(=O)O. The van der Waals surface area contributed by atoms with E-state index >= 15 is 0 Å². The Morgan fingerprint density at radius 1 is 1.21 bits per heavy atom. The van der Waals surface area contributed by atoms with Gasteiger partial charge in [-0.2, -0.15) is 0 Å². The Balaban J connectivity index is 1.27. The maximum Gasteiger partial charge on any atom is 0.411 e. The quantitative estimate of drug-likeness (QED) is 0.0683. The fourth-order valence-corrected chi connectivity index (χ4v) is 7.30. The van der Waals surface area contributed by atoms with Crippen molar-refractivity contribution in [2.75, 3.05) is 18.8 Å². The summed E-state index contributed by atoms with van der Waals surface area (Å²) in [5, 5.41) is 46.2. The van der Waals surface area contributed by atoms with Gasteiger partial charge in [0.2, 0.25) is 11.5 Å². The zero-order valence-corrected chi connectivity index (χ0v) is 27.0. The molecule has 4 unspecified atom stereocenters. The van der Waals surface area contributed by atoms with Crippen molar-refractivity contribution in [1.29, 1.82) is 0 Å². The number of thioether (sulfide) groups is 1. The van der Waals surface area contributed by atoms with Gasteiger partial charge in [-0.3, -0.25) is 19.3 Å². The number of benzene rings is 1. The highest BCUT2D eigenvalue weighted by atomic mass is 35.5. The van der Waals surface area contributed by atoms with Crippen molar-refractivity contribution in [3.8, 4) is 11.5 Å². The lowest BCUT2D eigenvalue weighted by Gasteiger charge is -2.43. The van der Waals surface area contributed by atoms with Gasteiger partial charge < -0.3 is 51.3 Å². The summed E-state index contributed by atoms with van der Waals surface area (Å²) in [5.41, 5.74) is 3.11. The average Bonchev–Trinajstić information content (AvgIpc) is 3.72. The van der Waals surface area contributed by atoms with Crippen LogP contribution in [0, 0.1) is 0 Å². The number of β-lactam (4-membered cyclic amide) rings is 1. The van der Waals surface area contributed by atoms with Gasteiger partial charge in [-0.15, -0.1) is 23.1 Å². The van der Waals surface area contributed by atoms with Gasteiger partial charge in [0.1, 0.15) is 28.6 Å². The molecular weight excluding hydrogens is 702 g/mol. The number of amides is 4. The number of phenolic OH excluding ortho intramolecular Hbond substituents is 2. The van der Waals surface area contributed by atoms with Gasteiger partial charge in [-0.05, 0) is 26.0 Å².